The number of amides is 2. The number of anilines is 2. The number of nitrogens with zero attached hydrogens (tertiary/aromatic N) is 2. The van der Waals surface area contributed by atoms with Crippen LogP contribution in [0.1, 0.15) is 44.9 Å². The van der Waals surface area contributed by atoms with E-state index in [1.807, 2.05) is 24.3 Å². The molecule has 2 heterocycles. The lowest BCUT2D eigenvalue weighted by molar-refractivity contribution is -0.139. The van der Waals surface area contributed by atoms with Gasteiger partial charge in [0.2, 0.25) is 5.91 Å². The smallest absolute Gasteiger partial charge is 0.412 e. The number of aliphatic hydroxyl groups is 1. The first-order valence-electron chi connectivity index (χ1n) is 11.2. The van der Waals surface area contributed by atoms with Crippen molar-refractivity contribution < 1.29 is 19.4 Å². The van der Waals surface area contributed by atoms with Crippen LogP contribution in [-0.4, -0.2) is 60.4 Å². The minimum absolute atomic E-state index is 0.0632. The molecule has 2 aliphatic heterocycles. The standard InChI is InChI=1S/C24H31N3O4/c1-2-16-31-23(30)25-18-4-6-19(7-5-18)26-14-3-12-24(17-26)13-15-27(22(24)29)20-8-10-21(28)11-9-20/h1,4-7,20-21,28H,3,8-17H2,(H,25,30)/t20-,21-,24?. The maximum Gasteiger partial charge on any atom is 0.412 e. The summed E-state index contributed by atoms with van der Waals surface area (Å²) >= 11 is 0. The molecule has 2 saturated heterocycles. The fourth-order valence-corrected chi connectivity index (χ4v) is 5.31. The summed E-state index contributed by atoms with van der Waals surface area (Å²) in [6.45, 7) is 2.42. The van der Waals surface area contributed by atoms with Crippen LogP contribution in [0, 0.1) is 17.8 Å². The van der Waals surface area contributed by atoms with Gasteiger partial charge in [0.05, 0.1) is 11.5 Å². The molecular weight excluding hydrogens is 394 g/mol. The molecule has 7 nitrogen and oxygen atoms in total. The maximum absolute atomic E-state index is 13.5. The average Bonchev–Trinajstić information content (AvgIpc) is 3.09. The first-order valence-corrected chi connectivity index (χ1v) is 11.2. The lowest BCUT2D eigenvalue weighted by Gasteiger charge is -2.41. The van der Waals surface area contributed by atoms with Crippen LogP contribution >= 0.6 is 0 Å². The minimum Gasteiger partial charge on any atom is -0.436 e. The number of hydrogen-bond donors (Lipinski definition) is 2. The number of nitrogens with one attached hydrogen (secondary N) is 1. The zero-order valence-electron chi connectivity index (χ0n) is 17.9. The zero-order valence-corrected chi connectivity index (χ0v) is 17.9. The predicted molar refractivity (Wildman–Crippen MR) is 119 cm³/mol. The second kappa shape index (κ2) is 9.19. The van der Waals surface area contributed by atoms with Crippen LogP contribution in [0.3, 0.4) is 0 Å². The van der Waals surface area contributed by atoms with Crippen molar-refractivity contribution in [2.45, 2.75) is 57.1 Å². The van der Waals surface area contributed by atoms with Gasteiger partial charge in [-0.05, 0) is 69.2 Å². The van der Waals surface area contributed by atoms with E-state index in [0.717, 1.165) is 70.3 Å². The molecule has 1 aliphatic carbocycles. The van der Waals surface area contributed by atoms with Crippen molar-refractivity contribution in [2.24, 2.45) is 5.41 Å². The molecule has 1 unspecified atom stereocenters. The number of carbonyl (C=O) groups is 2. The molecule has 0 bridgehead atoms. The Labute approximate surface area is 183 Å². The number of terminal acetylenes is 1. The Morgan fingerprint density at radius 2 is 1.94 bits per heavy atom. The van der Waals surface area contributed by atoms with Gasteiger partial charge in [0, 0.05) is 37.1 Å². The molecule has 1 aromatic rings. The van der Waals surface area contributed by atoms with E-state index in [1.54, 1.807) is 0 Å². The molecule has 2 amide bonds. The number of benzene rings is 1. The lowest BCUT2D eigenvalue weighted by Crippen LogP contribution is -2.50. The number of carbonyl (C=O) groups excluding carboxylic acids is 2. The molecule has 0 radical (unpaired) electrons. The van der Waals surface area contributed by atoms with Gasteiger partial charge >= 0.3 is 6.09 Å². The Balaban J connectivity index is 1.39. The minimum atomic E-state index is -0.575. The fourth-order valence-electron chi connectivity index (χ4n) is 5.31. The monoisotopic (exact) mass is 425 g/mol. The Hall–Kier alpha value is -2.72. The molecule has 2 N–H and O–H groups in total. The van der Waals surface area contributed by atoms with Gasteiger partial charge in [-0.25, -0.2) is 4.79 Å². The van der Waals surface area contributed by atoms with E-state index in [2.05, 4.69) is 21.0 Å². The van der Waals surface area contributed by atoms with Crippen molar-refractivity contribution in [3.63, 3.8) is 0 Å². The van der Waals surface area contributed by atoms with E-state index < -0.39 is 6.09 Å². The average molecular weight is 426 g/mol. The number of likely N-dealkylation sites (tertiary alicyclic amines) is 1. The van der Waals surface area contributed by atoms with E-state index in [-0.39, 0.29) is 24.2 Å². The number of aliphatic hydroxyl groups excluding tert-OH is 1. The molecule has 1 atom stereocenters. The summed E-state index contributed by atoms with van der Waals surface area (Å²) in [5.74, 6) is 2.56. The van der Waals surface area contributed by atoms with E-state index >= 15 is 0 Å². The maximum atomic E-state index is 13.5. The van der Waals surface area contributed by atoms with Gasteiger partial charge in [0.1, 0.15) is 0 Å². The molecule has 1 aromatic carbocycles. The normalized spacial score (nSPS) is 28.5. The Kier molecular flexibility index (Phi) is 6.38. The van der Waals surface area contributed by atoms with Crippen molar-refractivity contribution in [1.82, 2.24) is 4.90 Å². The highest BCUT2D eigenvalue weighted by molar-refractivity contribution is 5.87. The Morgan fingerprint density at radius 3 is 2.65 bits per heavy atom. The van der Waals surface area contributed by atoms with Crippen molar-refractivity contribution in [1.29, 1.82) is 0 Å². The Bertz CT molecular complexity index is 841. The van der Waals surface area contributed by atoms with Gasteiger partial charge < -0.3 is 19.6 Å². The van der Waals surface area contributed by atoms with Gasteiger partial charge in [0.15, 0.2) is 6.61 Å². The molecule has 0 aromatic heterocycles. The predicted octanol–water partition coefficient (Wildman–Crippen LogP) is 2.99. The molecule has 4 rings (SSSR count). The summed E-state index contributed by atoms with van der Waals surface area (Å²) in [5.41, 5.74) is 1.39. The second-order valence-corrected chi connectivity index (χ2v) is 8.97. The van der Waals surface area contributed by atoms with Crippen molar-refractivity contribution in [3.8, 4) is 12.3 Å². The summed E-state index contributed by atoms with van der Waals surface area (Å²) in [4.78, 5) is 29.5. The van der Waals surface area contributed by atoms with E-state index in [1.165, 1.54) is 0 Å². The number of piperidine rings is 1. The third kappa shape index (κ3) is 4.64. The van der Waals surface area contributed by atoms with Crippen LogP contribution in [0.25, 0.3) is 0 Å². The third-order valence-corrected chi connectivity index (χ3v) is 7.00. The summed E-state index contributed by atoms with van der Waals surface area (Å²) in [6, 6.07) is 7.89. The third-order valence-electron chi connectivity index (χ3n) is 7.00. The van der Waals surface area contributed by atoms with Crippen LogP contribution in [0.15, 0.2) is 24.3 Å². The molecule has 31 heavy (non-hydrogen) atoms. The lowest BCUT2D eigenvalue weighted by atomic mass is 9.78. The number of rotatable bonds is 4. The van der Waals surface area contributed by atoms with Crippen LogP contribution in [0.2, 0.25) is 0 Å². The topological polar surface area (TPSA) is 82.1 Å². The molecule has 7 heteroatoms. The quantitative estimate of drug-likeness (QED) is 0.725. The van der Waals surface area contributed by atoms with Crippen molar-refractivity contribution >= 4 is 23.4 Å². The highest BCUT2D eigenvalue weighted by Gasteiger charge is 2.50. The second-order valence-electron chi connectivity index (χ2n) is 8.97. The van der Waals surface area contributed by atoms with Crippen LogP contribution < -0.4 is 10.2 Å². The first-order chi connectivity index (χ1) is 15.0. The first kappa shape index (κ1) is 21.5. The summed E-state index contributed by atoms with van der Waals surface area (Å²) in [7, 11) is 0. The molecule has 166 valence electrons. The highest BCUT2D eigenvalue weighted by Crippen LogP contribution is 2.43. The summed E-state index contributed by atoms with van der Waals surface area (Å²) < 4.78 is 4.83. The van der Waals surface area contributed by atoms with E-state index in [4.69, 9.17) is 11.2 Å². The van der Waals surface area contributed by atoms with E-state index in [9.17, 15) is 14.7 Å². The Morgan fingerprint density at radius 1 is 1.19 bits per heavy atom. The van der Waals surface area contributed by atoms with E-state index in [0.29, 0.717) is 11.6 Å². The SMILES string of the molecule is C#CCOC(=O)Nc1ccc(N2CCCC3(CCN([C@H]4CC[C@H](O)CC4)C3=O)C2)cc1. The summed E-state index contributed by atoms with van der Waals surface area (Å²) in [6.07, 6.45) is 10.6. The van der Waals surface area contributed by atoms with Gasteiger partial charge in [-0.2, -0.15) is 0 Å². The van der Waals surface area contributed by atoms with Crippen LogP contribution in [0.5, 0.6) is 0 Å². The zero-order chi connectivity index (χ0) is 21.8. The number of hydrogen-bond acceptors (Lipinski definition) is 5. The summed E-state index contributed by atoms with van der Waals surface area (Å²) in [5, 5.41) is 12.5. The molecular formula is C24H31N3O4. The highest BCUT2D eigenvalue weighted by atomic mass is 16.5. The van der Waals surface area contributed by atoms with Gasteiger partial charge in [0.25, 0.3) is 0 Å². The largest absolute Gasteiger partial charge is 0.436 e. The molecule has 1 spiro atoms. The van der Waals surface area contributed by atoms with Gasteiger partial charge in [-0.3, -0.25) is 10.1 Å². The fraction of sp³-hybridized carbons (Fsp3) is 0.583. The van der Waals surface area contributed by atoms with Crippen molar-refractivity contribution in [3.05, 3.63) is 24.3 Å². The van der Waals surface area contributed by atoms with Gasteiger partial charge in [-0.15, -0.1) is 6.42 Å². The number of ether oxygens (including phenoxy) is 1. The van der Waals surface area contributed by atoms with Crippen LogP contribution in [0.4, 0.5) is 16.2 Å². The molecule has 1 saturated carbocycles. The van der Waals surface area contributed by atoms with Gasteiger partial charge in [-0.1, -0.05) is 5.92 Å². The molecule has 3 aliphatic rings. The van der Waals surface area contributed by atoms with Crippen LogP contribution in [-0.2, 0) is 9.53 Å². The molecule has 3 fully saturated rings. The van der Waals surface area contributed by atoms with Crippen molar-refractivity contribution in [2.75, 3.05) is 36.5 Å².